The van der Waals surface area contributed by atoms with E-state index in [2.05, 4.69) is 0 Å². The molecule has 0 spiro atoms. The molecule has 1 heterocycles. The van der Waals surface area contributed by atoms with E-state index in [4.69, 9.17) is 4.74 Å². The summed E-state index contributed by atoms with van der Waals surface area (Å²) in [6, 6.07) is 9.85. The topological polar surface area (TPSA) is 32.8 Å². The Morgan fingerprint density at radius 2 is 2.07 bits per heavy atom. The van der Waals surface area contributed by atoms with E-state index in [1.807, 2.05) is 37.3 Å². The van der Waals surface area contributed by atoms with Gasteiger partial charge in [-0.05, 0) is 12.0 Å². The van der Waals surface area contributed by atoms with Gasteiger partial charge in [-0.2, -0.15) is 0 Å². The fourth-order valence-electron chi connectivity index (χ4n) is 1.78. The van der Waals surface area contributed by atoms with Crippen molar-refractivity contribution >= 4 is 0 Å². The van der Waals surface area contributed by atoms with Crippen LogP contribution in [-0.4, -0.2) is 17.8 Å². The zero-order valence-electron chi connectivity index (χ0n) is 8.44. The van der Waals surface area contributed by atoms with Crippen LogP contribution < -0.4 is 0 Å². The van der Waals surface area contributed by atoms with Gasteiger partial charge in [0, 0.05) is 6.42 Å². The molecule has 1 fully saturated rings. The van der Waals surface area contributed by atoms with Crippen LogP contribution >= 0.6 is 0 Å². The summed E-state index contributed by atoms with van der Waals surface area (Å²) in [5, 5.41) is 10.4. The predicted octanol–water partition coefficient (Wildman–Crippen LogP) is 2.07. The highest BCUT2D eigenvalue weighted by atomic mass is 16.6. The standard InChI is InChI=1S/C12H16O2/c1-2-12(13,8-11-9-14-11)10-6-4-3-5-7-10/h3-7,11,13H,2,8-9H2,1H3. The Morgan fingerprint density at radius 1 is 1.43 bits per heavy atom. The molecule has 0 amide bonds. The number of hydrogen-bond acceptors (Lipinski definition) is 2. The lowest BCUT2D eigenvalue weighted by Gasteiger charge is -2.26. The number of rotatable bonds is 4. The number of aliphatic hydroxyl groups is 1. The van der Waals surface area contributed by atoms with E-state index in [-0.39, 0.29) is 6.10 Å². The van der Waals surface area contributed by atoms with E-state index in [1.54, 1.807) is 0 Å². The van der Waals surface area contributed by atoms with E-state index >= 15 is 0 Å². The molecule has 14 heavy (non-hydrogen) atoms. The molecule has 1 aromatic carbocycles. The third-order valence-corrected chi connectivity index (χ3v) is 2.86. The minimum absolute atomic E-state index is 0.264. The van der Waals surface area contributed by atoms with E-state index in [9.17, 15) is 5.11 Å². The molecular formula is C12H16O2. The first-order valence-corrected chi connectivity index (χ1v) is 5.14. The second kappa shape index (κ2) is 3.71. The van der Waals surface area contributed by atoms with Crippen LogP contribution in [0.4, 0.5) is 0 Å². The molecule has 0 aromatic heterocycles. The highest BCUT2D eigenvalue weighted by Crippen LogP contribution is 2.33. The van der Waals surface area contributed by atoms with E-state index in [0.717, 1.165) is 18.6 Å². The van der Waals surface area contributed by atoms with Gasteiger partial charge >= 0.3 is 0 Å². The maximum atomic E-state index is 10.4. The maximum absolute atomic E-state index is 10.4. The van der Waals surface area contributed by atoms with Crippen molar-refractivity contribution < 1.29 is 9.84 Å². The number of ether oxygens (including phenoxy) is 1. The largest absolute Gasteiger partial charge is 0.385 e. The molecule has 1 aliphatic heterocycles. The van der Waals surface area contributed by atoms with Gasteiger partial charge in [-0.25, -0.2) is 0 Å². The van der Waals surface area contributed by atoms with Crippen molar-refractivity contribution in [2.75, 3.05) is 6.61 Å². The lowest BCUT2D eigenvalue weighted by atomic mass is 9.87. The summed E-state index contributed by atoms with van der Waals surface area (Å²) in [6.45, 7) is 2.81. The van der Waals surface area contributed by atoms with Crippen molar-refractivity contribution in [3.8, 4) is 0 Å². The minimum atomic E-state index is -0.706. The molecule has 1 saturated heterocycles. The number of hydrogen-bond donors (Lipinski definition) is 1. The monoisotopic (exact) mass is 192 g/mol. The molecule has 2 unspecified atom stereocenters. The zero-order chi connectivity index (χ0) is 10.0. The molecule has 2 nitrogen and oxygen atoms in total. The normalized spacial score (nSPS) is 24.3. The Hall–Kier alpha value is -0.860. The van der Waals surface area contributed by atoms with Crippen LogP contribution in [0.5, 0.6) is 0 Å². The van der Waals surface area contributed by atoms with Crippen LogP contribution in [-0.2, 0) is 10.3 Å². The van der Waals surface area contributed by atoms with Gasteiger partial charge in [0.15, 0.2) is 0 Å². The van der Waals surface area contributed by atoms with Crippen LogP contribution in [0.2, 0.25) is 0 Å². The predicted molar refractivity (Wildman–Crippen MR) is 55.0 cm³/mol. The van der Waals surface area contributed by atoms with E-state index < -0.39 is 5.60 Å². The molecule has 76 valence electrons. The first-order chi connectivity index (χ1) is 6.74. The molecule has 1 aliphatic rings. The third kappa shape index (κ3) is 1.97. The lowest BCUT2D eigenvalue weighted by Crippen LogP contribution is -2.26. The van der Waals surface area contributed by atoms with Gasteiger partial charge in [-0.15, -0.1) is 0 Å². The Labute approximate surface area is 84.5 Å². The highest BCUT2D eigenvalue weighted by Gasteiger charge is 2.36. The molecule has 2 heteroatoms. The van der Waals surface area contributed by atoms with E-state index in [0.29, 0.717) is 6.42 Å². The summed E-state index contributed by atoms with van der Waals surface area (Å²) in [4.78, 5) is 0. The average molecular weight is 192 g/mol. The van der Waals surface area contributed by atoms with Crippen LogP contribution in [0.15, 0.2) is 30.3 Å². The molecule has 0 radical (unpaired) electrons. The average Bonchev–Trinajstić information content (AvgIpc) is 3.03. The summed E-state index contributed by atoms with van der Waals surface area (Å²) in [5.41, 5.74) is 0.292. The van der Waals surface area contributed by atoms with Crippen molar-refractivity contribution in [3.63, 3.8) is 0 Å². The first kappa shape index (κ1) is 9.69. The molecule has 2 rings (SSSR count). The fraction of sp³-hybridized carbons (Fsp3) is 0.500. The Bertz CT molecular complexity index is 292. The van der Waals surface area contributed by atoms with Crippen LogP contribution in [0.25, 0.3) is 0 Å². The van der Waals surface area contributed by atoms with E-state index in [1.165, 1.54) is 0 Å². The summed E-state index contributed by atoms with van der Waals surface area (Å²) in [5.74, 6) is 0. The van der Waals surface area contributed by atoms with Crippen molar-refractivity contribution in [3.05, 3.63) is 35.9 Å². The lowest BCUT2D eigenvalue weighted by molar-refractivity contribution is 0.0161. The maximum Gasteiger partial charge on any atom is 0.0919 e. The molecule has 0 saturated carbocycles. The van der Waals surface area contributed by atoms with Crippen LogP contribution in [0.3, 0.4) is 0 Å². The second-order valence-electron chi connectivity index (χ2n) is 3.91. The van der Waals surface area contributed by atoms with Crippen molar-refractivity contribution in [2.45, 2.75) is 31.5 Å². The SMILES string of the molecule is CCC(O)(CC1CO1)c1ccccc1. The van der Waals surface area contributed by atoms with Gasteiger partial charge < -0.3 is 9.84 Å². The first-order valence-electron chi connectivity index (χ1n) is 5.14. The summed E-state index contributed by atoms with van der Waals surface area (Å²) < 4.78 is 5.17. The van der Waals surface area contributed by atoms with Gasteiger partial charge in [0.2, 0.25) is 0 Å². The summed E-state index contributed by atoms with van der Waals surface area (Å²) in [6.07, 6.45) is 1.71. The molecule has 1 aromatic rings. The molecule has 0 aliphatic carbocycles. The van der Waals surface area contributed by atoms with Gasteiger partial charge in [0.1, 0.15) is 0 Å². The second-order valence-corrected chi connectivity index (χ2v) is 3.91. The van der Waals surface area contributed by atoms with Crippen LogP contribution in [0, 0.1) is 0 Å². The minimum Gasteiger partial charge on any atom is -0.385 e. The van der Waals surface area contributed by atoms with Gasteiger partial charge in [-0.3, -0.25) is 0 Å². The quantitative estimate of drug-likeness (QED) is 0.741. The number of benzene rings is 1. The molecule has 2 atom stereocenters. The Morgan fingerprint density at radius 3 is 2.57 bits per heavy atom. The van der Waals surface area contributed by atoms with Gasteiger partial charge in [0.25, 0.3) is 0 Å². The summed E-state index contributed by atoms with van der Waals surface area (Å²) in [7, 11) is 0. The van der Waals surface area contributed by atoms with Gasteiger partial charge in [0.05, 0.1) is 18.3 Å². The van der Waals surface area contributed by atoms with Crippen LogP contribution in [0.1, 0.15) is 25.3 Å². The van der Waals surface area contributed by atoms with Crippen molar-refractivity contribution in [2.24, 2.45) is 0 Å². The van der Waals surface area contributed by atoms with Crippen molar-refractivity contribution in [1.29, 1.82) is 0 Å². The third-order valence-electron chi connectivity index (χ3n) is 2.86. The van der Waals surface area contributed by atoms with Gasteiger partial charge in [-0.1, -0.05) is 37.3 Å². The molecular weight excluding hydrogens is 176 g/mol. The smallest absolute Gasteiger partial charge is 0.0919 e. The Balaban J connectivity index is 2.17. The van der Waals surface area contributed by atoms with Crippen molar-refractivity contribution in [1.82, 2.24) is 0 Å². The summed E-state index contributed by atoms with van der Waals surface area (Å²) >= 11 is 0. The molecule has 0 bridgehead atoms. The zero-order valence-corrected chi connectivity index (χ0v) is 8.44. The highest BCUT2D eigenvalue weighted by molar-refractivity contribution is 5.22. The fourth-order valence-corrected chi connectivity index (χ4v) is 1.78. The Kier molecular flexibility index (Phi) is 2.57. The molecule has 1 N–H and O–H groups in total. The number of epoxide rings is 1.